The van der Waals surface area contributed by atoms with Crippen LogP contribution in [0.5, 0.6) is 0 Å². The normalized spacial score (nSPS) is 24.6. The summed E-state index contributed by atoms with van der Waals surface area (Å²) in [6, 6.07) is 0. The molecule has 0 N–H and O–H groups in total. The Balaban J connectivity index is 2.26. The second-order valence-corrected chi connectivity index (χ2v) is 4.92. The van der Waals surface area contributed by atoms with Crippen molar-refractivity contribution in [2.24, 2.45) is 15.9 Å². The number of allylic oxidation sites excluding steroid dienone is 5. The first-order valence-corrected chi connectivity index (χ1v) is 6.35. The Hall–Kier alpha value is -1.52. The number of hydrogen-bond acceptors (Lipinski definition) is 4. The number of halogens is 2. The zero-order valence-electron chi connectivity index (χ0n) is 10.3. The Morgan fingerprint density at radius 2 is 1.84 bits per heavy atom. The van der Waals surface area contributed by atoms with Crippen LogP contribution in [0.3, 0.4) is 0 Å². The molecule has 1 aliphatic carbocycles. The van der Waals surface area contributed by atoms with Gasteiger partial charge in [-0.3, -0.25) is 0 Å². The molecule has 98 valence electrons. The second kappa shape index (κ2) is 4.54. The predicted molar refractivity (Wildman–Crippen MR) is 75.4 cm³/mol. The van der Waals surface area contributed by atoms with Crippen LogP contribution in [0, 0.1) is 5.92 Å². The smallest absolute Gasteiger partial charge is 0.183 e. The summed E-state index contributed by atoms with van der Waals surface area (Å²) in [5, 5.41) is 0.797. The summed E-state index contributed by atoms with van der Waals surface area (Å²) in [5.74, 6) is 1.04. The monoisotopic (exact) mass is 296 g/mol. The van der Waals surface area contributed by atoms with E-state index in [1.165, 1.54) is 0 Å². The molecule has 0 spiro atoms. The van der Waals surface area contributed by atoms with Gasteiger partial charge in [0.2, 0.25) is 0 Å². The molecule has 0 radical (unpaired) electrons. The third kappa shape index (κ3) is 1.91. The number of nitrogens with zero attached hydrogens (tertiary/aromatic N) is 2. The number of ether oxygens (including phenoxy) is 2. The Morgan fingerprint density at radius 1 is 1.05 bits per heavy atom. The summed E-state index contributed by atoms with van der Waals surface area (Å²) in [5.41, 5.74) is 2.42. The highest BCUT2D eigenvalue weighted by molar-refractivity contribution is 6.68. The quantitative estimate of drug-likeness (QED) is 0.735. The summed E-state index contributed by atoms with van der Waals surface area (Å²) in [6.45, 7) is 0. The summed E-state index contributed by atoms with van der Waals surface area (Å²) >= 11 is 12.1. The molecular formula is C13H10Cl2N2O2. The molecule has 0 fully saturated rings. The lowest BCUT2D eigenvalue weighted by Gasteiger charge is -2.31. The van der Waals surface area contributed by atoms with E-state index in [2.05, 4.69) is 9.98 Å². The van der Waals surface area contributed by atoms with E-state index in [0.717, 1.165) is 11.3 Å². The van der Waals surface area contributed by atoms with Crippen LogP contribution in [0.1, 0.15) is 0 Å². The lowest BCUT2D eigenvalue weighted by Crippen LogP contribution is -2.30. The molecule has 4 nitrogen and oxygen atoms in total. The van der Waals surface area contributed by atoms with Gasteiger partial charge < -0.3 is 9.47 Å². The Kier molecular flexibility index (Phi) is 2.99. The molecule has 0 saturated carbocycles. The molecule has 0 bridgehead atoms. The minimum atomic E-state index is -0.0983. The first-order valence-electron chi connectivity index (χ1n) is 5.60. The molecule has 1 unspecified atom stereocenters. The van der Waals surface area contributed by atoms with Crippen molar-refractivity contribution in [3.8, 4) is 0 Å². The number of aliphatic imine (C=N–C) groups is 2. The maximum absolute atomic E-state index is 6.05. The van der Waals surface area contributed by atoms with E-state index in [-0.39, 0.29) is 5.92 Å². The van der Waals surface area contributed by atoms with Gasteiger partial charge in [0.15, 0.2) is 11.5 Å². The predicted octanol–water partition coefficient (Wildman–Crippen LogP) is 3.12. The van der Waals surface area contributed by atoms with E-state index in [4.69, 9.17) is 32.7 Å². The van der Waals surface area contributed by atoms with Crippen molar-refractivity contribution < 1.29 is 9.47 Å². The van der Waals surface area contributed by atoms with E-state index in [0.29, 0.717) is 27.6 Å². The molecule has 0 aromatic heterocycles. The third-order valence-corrected chi connectivity index (χ3v) is 3.48. The molecule has 6 heteroatoms. The maximum atomic E-state index is 6.05. The Labute approximate surface area is 120 Å². The van der Waals surface area contributed by atoms with E-state index in [9.17, 15) is 0 Å². The summed E-state index contributed by atoms with van der Waals surface area (Å²) in [6.07, 6.45) is 5.38. The number of dihydropyridines is 1. The second-order valence-electron chi connectivity index (χ2n) is 4.15. The van der Waals surface area contributed by atoms with Crippen molar-refractivity contribution in [3.63, 3.8) is 0 Å². The first kappa shape index (κ1) is 12.5. The maximum Gasteiger partial charge on any atom is 0.183 e. The van der Waals surface area contributed by atoms with Crippen molar-refractivity contribution >= 4 is 34.1 Å². The molecule has 0 aromatic rings. The van der Waals surface area contributed by atoms with Gasteiger partial charge in [0, 0.05) is 6.08 Å². The fourth-order valence-corrected chi connectivity index (χ4v) is 2.81. The van der Waals surface area contributed by atoms with Crippen LogP contribution in [0.15, 0.2) is 56.2 Å². The van der Waals surface area contributed by atoms with Gasteiger partial charge in [-0.2, -0.15) is 0 Å². The SMILES string of the molecule is COC1=C(OC)C2=NC(Cl)=CC3=CC(Cl)=NC(=C1)C32. The van der Waals surface area contributed by atoms with Gasteiger partial charge in [0.25, 0.3) is 0 Å². The van der Waals surface area contributed by atoms with Gasteiger partial charge in [-0.1, -0.05) is 23.2 Å². The molecule has 3 rings (SSSR count). The molecule has 2 aliphatic heterocycles. The highest BCUT2D eigenvalue weighted by Gasteiger charge is 2.37. The zero-order chi connectivity index (χ0) is 13.6. The van der Waals surface area contributed by atoms with Crippen molar-refractivity contribution in [2.75, 3.05) is 14.2 Å². The summed E-state index contributed by atoms with van der Waals surface area (Å²) in [7, 11) is 3.14. The van der Waals surface area contributed by atoms with Crippen LogP contribution < -0.4 is 0 Å². The third-order valence-electron chi connectivity index (χ3n) is 3.10. The highest BCUT2D eigenvalue weighted by atomic mass is 35.5. The molecule has 3 aliphatic rings. The molecule has 2 heterocycles. The van der Waals surface area contributed by atoms with Gasteiger partial charge in [-0.25, -0.2) is 9.98 Å². The van der Waals surface area contributed by atoms with Crippen molar-refractivity contribution in [1.29, 1.82) is 0 Å². The van der Waals surface area contributed by atoms with E-state index >= 15 is 0 Å². The van der Waals surface area contributed by atoms with E-state index in [1.54, 1.807) is 26.4 Å². The summed E-state index contributed by atoms with van der Waals surface area (Å²) in [4.78, 5) is 8.67. The lowest BCUT2D eigenvalue weighted by atomic mass is 9.83. The van der Waals surface area contributed by atoms with E-state index < -0.39 is 0 Å². The Bertz CT molecular complexity index is 639. The molecule has 1 atom stereocenters. The largest absolute Gasteiger partial charge is 0.493 e. The molecular weight excluding hydrogens is 287 g/mol. The van der Waals surface area contributed by atoms with Gasteiger partial charge in [0.05, 0.1) is 25.8 Å². The number of rotatable bonds is 2. The first-order chi connectivity index (χ1) is 9.13. The van der Waals surface area contributed by atoms with Crippen molar-refractivity contribution in [3.05, 3.63) is 46.2 Å². The molecule has 0 saturated heterocycles. The van der Waals surface area contributed by atoms with Crippen molar-refractivity contribution in [1.82, 2.24) is 0 Å². The van der Waals surface area contributed by atoms with Gasteiger partial charge in [0.1, 0.15) is 16.0 Å². The minimum absolute atomic E-state index is 0.0983. The topological polar surface area (TPSA) is 43.2 Å². The zero-order valence-corrected chi connectivity index (χ0v) is 11.8. The lowest BCUT2D eigenvalue weighted by molar-refractivity contribution is 0.243. The van der Waals surface area contributed by atoms with Crippen LogP contribution in [0.4, 0.5) is 0 Å². The summed E-state index contributed by atoms with van der Waals surface area (Å²) < 4.78 is 10.7. The average Bonchev–Trinajstić information content (AvgIpc) is 2.36. The number of hydrogen-bond donors (Lipinski definition) is 0. The van der Waals surface area contributed by atoms with Crippen LogP contribution in [0.25, 0.3) is 0 Å². The molecule has 19 heavy (non-hydrogen) atoms. The van der Waals surface area contributed by atoms with Crippen LogP contribution in [0.2, 0.25) is 0 Å². The Morgan fingerprint density at radius 3 is 2.53 bits per heavy atom. The fraction of sp³-hybridized carbons (Fsp3) is 0.231. The molecule has 0 amide bonds. The fourth-order valence-electron chi connectivity index (χ4n) is 2.36. The average molecular weight is 297 g/mol. The van der Waals surface area contributed by atoms with Gasteiger partial charge in [-0.15, -0.1) is 0 Å². The van der Waals surface area contributed by atoms with E-state index in [1.807, 2.05) is 6.08 Å². The highest BCUT2D eigenvalue weighted by Crippen LogP contribution is 2.40. The number of methoxy groups -OCH3 is 2. The van der Waals surface area contributed by atoms with Crippen molar-refractivity contribution in [2.45, 2.75) is 0 Å². The standard InChI is InChI=1S/C13H10Cl2N2O2/c1-18-8-5-7-11-6(3-9(14)16-7)4-10(15)17-12(11)13(8)19-2/h3-5,11H,1-2H3. The van der Waals surface area contributed by atoms with Crippen LogP contribution in [-0.4, -0.2) is 25.1 Å². The van der Waals surface area contributed by atoms with Crippen LogP contribution in [-0.2, 0) is 9.47 Å². The van der Waals surface area contributed by atoms with Gasteiger partial charge >= 0.3 is 0 Å². The molecule has 0 aromatic carbocycles. The van der Waals surface area contributed by atoms with Crippen LogP contribution >= 0.6 is 23.2 Å². The van der Waals surface area contributed by atoms with Gasteiger partial charge in [-0.05, 0) is 17.7 Å². The minimum Gasteiger partial charge on any atom is -0.493 e.